The maximum atomic E-state index is 11.7. The molecule has 1 aromatic heterocycles. The van der Waals surface area contributed by atoms with Crippen LogP contribution in [0.25, 0.3) is 0 Å². The summed E-state index contributed by atoms with van der Waals surface area (Å²) in [6.45, 7) is 3.55. The van der Waals surface area contributed by atoms with Gasteiger partial charge in [0.1, 0.15) is 0 Å². The number of hydrogen-bond acceptors (Lipinski definition) is 3. The minimum atomic E-state index is -0.908. The molecular formula is C10H14BrNO3. The van der Waals surface area contributed by atoms with E-state index < -0.39 is 5.60 Å². The van der Waals surface area contributed by atoms with E-state index in [1.807, 2.05) is 0 Å². The third-order valence-electron chi connectivity index (χ3n) is 1.75. The average molecular weight is 276 g/mol. The molecule has 1 amide bonds. The molecule has 0 aliphatic heterocycles. The van der Waals surface area contributed by atoms with Gasteiger partial charge < -0.3 is 14.4 Å². The van der Waals surface area contributed by atoms with Crippen molar-refractivity contribution < 1.29 is 14.3 Å². The third kappa shape index (κ3) is 3.68. The highest BCUT2D eigenvalue weighted by atomic mass is 79.9. The highest BCUT2D eigenvalue weighted by Crippen LogP contribution is 2.16. The standard InChI is InChI=1S/C10H14BrNO3/c1-10(2,14)6-12(3)9(13)7-4-5-8(11)15-7/h4-5,14H,6H2,1-3H3. The van der Waals surface area contributed by atoms with Crippen molar-refractivity contribution in [1.82, 2.24) is 4.90 Å². The Morgan fingerprint density at radius 1 is 1.60 bits per heavy atom. The van der Waals surface area contributed by atoms with Crippen molar-refractivity contribution in [3.05, 3.63) is 22.6 Å². The van der Waals surface area contributed by atoms with Crippen LogP contribution in [-0.4, -0.2) is 35.1 Å². The van der Waals surface area contributed by atoms with Crippen molar-refractivity contribution in [2.45, 2.75) is 19.4 Å². The van der Waals surface area contributed by atoms with Crippen LogP contribution in [0.15, 0.2) is 21.2 Å². The third-order valence-corrected chi connectivity index (χ3v) is 2.18. The lowest BCUT2D eigenvalue weighted by Gasteiger charge is -2.24. The molecular weight excluding hydrogens is 262 g/mol. The first-order chi connectivity index (χ1) is 6.79. The molecule has 0 atom stereocenters. The first-order valence-electron chi connectivity index (χ1n) is 4.53. The maximum absolute atomic E-state index is 11.7. The van der Waals surface area contributed by atoms with Gasteiger partial charge in [-0.25, -0.2) is 0 Å². The second kappa shape index (κ2) is 4.37. The van der Waals surface area contributed by atoms with E-state index in [0.717, 1.165) is 0 Å². The molecule has 0 spiro atoms. The summed E-state index contributed by atoms with van der Waals surface area (Å²) in [7, 11) is 1.62. The summed E-state index contributed by atoms with van der Waals surface area (Å²) in [5.74, 6) is 0.0106. The van der Waals surface area contributed by atoms with Gasteiger partial charge in [0.05, 0.1) is 5.60 Å². The van der Waals surface area contributed by atoms with E-state index >= 15 is 0 Å². The van der Waals surface area contributed by atoms with Crippen LogP contribution < -0.4 is 0 Å². The summed E-state index contributed by atoms with van der Waals surface area (Å²) in [4.78, 5) is 13.2. The Bertz CT molecular complexity index is 354. The maximum Gasteiger partial charge on any atom is 0.289 e. The Balaban J connectivity index is 2.69. The van der Waals surface area contributed by atoms with E-state index in [1.54, 1.807) is 33.0 Å². The molecule has 0 aliphatic carbocycles. The predicted molar refractivity (Wildman–Crippen MR) is 59.7 cm³/mol. The highest BCUT2D eigenvalue weighted by molar-refractivity contribution is 9.10. The molecule has 0 saturated carbocycles. The fourth-order valence-electron chi connectivity index (χ4n) is 1.27. The van der Waals surface area contributed by atoms with Crippen LogP contribution in [0.3, 0.4) is 0 Å². The Morgan fingerprint density at radius 3 is 2.60 bits per heavy atom. The summed E-state index contributed by atoms with van der Waals surface area (Å²) < 4.78 is 5.64. The molecule has 0 radical (unpaired) electrons. The van der Waals surface area contributed by atoms with Gasteiger partial charge in [0.2, 0.25) is 0 Å². The Hall–Kier alpha value is -0.810. The zero-order valence-electron chi connectivity index (χ0n) is 8.95. The van der Waals surface area contributed by atoms with E-state index in [-0.39, 0.29) is 18.2 Å². The number of nitrogens with zero attached hydrogens (tertiary/aromatic N) is 1. The van der Waals surface area contributed by atoms with Crippen LogP contribution in [0.5, 0.6) is 0 Å². The van der Waals surface area contributed by atoms with Crippen molar-refractivity contribution >= 4 is 21.8 Å². The van der Waals surface area contributed by atoms with Gasteiger partial charge in [-0.15, -0.1) is 0 Å². The van der Waals surface area contributed by atoms with Gasteiger partial charge in [0.25, 0.3) is 5.91 Å². The number of rotatable bonds is 3. The van der Waals surface area contributed by atoms with Crippen LogP contribution in [0.2, 0.25) is 0 Å². The molecule has 1 rings (SSSR count). The molecule has 0 saturated heterocycles. The molecule has 1 heterocycles. The molecule has 84 valence electrons. The number of carbonyl (C=O) groups is 1. The molecule has 0 aromatic carbocycles. The van der Waals surface area contributed by atoms with E-state index in [0.29, 0.717) is 4.67 Å². The van der Waals surface area contributed by atoms with E-state index in [1.165, 1.54) is 4.90 Å². The molecule has 0 fully saturated rings. The number of likely N-dealkylation sites (N-methyl/N-ethyl adjacent to an activating group) is 1. The number of hydrogen-bond donors (Lipinski definition) is 1. The van der Waals surface area contributed by atoms with Gasteiger partial charge in [0.15, 0.2) is 10.4 Å². The molecule has 1 aromatic rings. The Morgan fingerprint density at radius 2 is 2.20 bits per heavy atom. The number of carbonyl (C=O) groups excluding carboxylic acids is 1. The first kappa shape index (κ1) is 12.3. The topological polar surface area (TPSA) is 53.7 Å². The fourth-order valence-corrected chi connectivity index (χ4v) is 1.58. The molecule has 15 heavy (non-hydrogen) atoms. The lowest BCUT2D eigenvalue weighted by molar-refractivity contribution is 0.0351. The normalized spacial score (nSPS) is 11.5. The number of aliphatic hydroxyl groups is 1. The van der Waals surface area contributed by atoms with E-state index in [4.69, 9.17) is 4.42 Å². The first-order valence-corrected chi connectivity index (χ1v) is 5.32. The summed E-state index contributed by atoms with van der Waals surface area (Å²) in [5, 5.41) is 9.56. The number of amides is 1. The quantitative estimate of drug-likeness (QED) is 0.917. The molecule has 4 nitrogen and oxygen atoms in total. The Kier molecular flexibility index (Phi) is 3.57. The highest BCUT2D eigenvalue weighted by Gasteiger charge is 2.22. The summed E-state index contributed by atoms with van der Waals surface area (Å²) in [6.07, 6.45) is 0. The van der Waals surface area contributed by atoms with Gasteiger partial charge in [-0.2, -0.15) is 0 Å². The number of furan rings is 1. The zero-order valence-corrected chi connectivity index (χ0v) is 10.5. The SMILES string of the molecule is CN(CC(C)(C)O)C(=O)c1ccc(Br)o1. The number of halogens is 1. The van der Waals surface area contributed by atoms with Crippen LogP contribution in [-0.2, 0) is 0 Å². The zero-order chi connectivity index (χ0) is 11.6. The van der Waals surface area contributed by atoms with E-state index in [9.17, 15) is 9.90 Å². The van der Waals surface area contributed by atoms with Gasteiger partial charge in [0, 0.05) is 13.6 Å². The van der Waals surface area contributed by atoms with Crippen LogP contribution in [0, 0.1) is 0 Å². The van der Waals surface area contributed by atoms with Gasteiger partial charge >= 0.3 is 0 Å². The lowest BCUT2D eigenvalue weighted by Crippen LogP contribution is -2.39. The Labute approximate surface area is 97.0 Å². The predicted octanol–water partition coefficient (Wildman–Crippen LogP) is 1.89. The smallest absolute Gasteiger partial charge is 0.289 e. The van der Waals surface area contributed by atoms with Crippen LogP contribution in [0.4, 0.5) is 0 Å². The van der Waals surface area contributed by atoms with Crippen molar-refractivity contribution in [2.75, 3.05) is 13.6 Å². The molecule has 0 bridgehead atoms. The van der Waals surface area contributed by atoms with Crippen molar-refractivity contribution in [1.29, 1.82) is 0 Å². The summed E-state index contributed by atoms with van der Waals surface area (Å²) in [6, 6.07) is 3.25. The van der Waals surface area contributed by atoms with Crippen LogP contribution >= 0.6 is 15.9 Å². The second-order valence-corrected chi connectivity index (χ2v) is 4.86. The monoisotopic (exact) mass is 275 g/mol. The van der Waals surface area contributed by atoms with Crippen molar-refractivity contribution in [2.24, 2.45) is 0 Å². The van der Waals surface area contributed by atoms with Gasteiger partial charge in [-0.1, -0.05) is 0 Å². The van der Waals surface area contributed by atoms with Gasteiger partial charge in [-0.3, -0.25) is 4.79 Å². The minimum absolute atomic E-state index is 0.247. The van der Waals surface area contributed by atoms with Crippen molar-refractivity contribution in [3.8, 4) is 0 Å². The molecule has 1 N–H and O–H groups in total. The average Bonchev–Trinajstić information content (AvgIpc) is 2.47. The summed E-state index contributed by atoms with van der Waals surface area (Å²) in [5.41, 5.74) is -0.908. The van der Waals surface area contributed by atoms with Crippen LogP contribution in [0.1, 0.15) is 24.4 Å². The minimum Gasteiger partial charge on any atom is -0.444 e. The summed E-state index contributed by atoms with van der Waals surface area (Å²) >= 11 is 3.12. The second-order valence-electron chi connectivity index (χ2n) is 4.08. The fraction of sp³-hybridized carbons (Fsp3) is 0.500. The van der Waals surface area contributed by atoms with Crippen molar-refractivity contribution in [3.63, 3.8) is 0 Å². The molecule has 0 unspecified atom stereocenters. The lowest BCUT2D eigenvalue weighted by atomic mass is 10.1. The van der Waals surface area contributed by atoms with Gasteiger partial charge in [-0.05, 0) is 41.9 Å². The largest absolute Gasteiger partial charge is 0.444 e. The molecule has 5 heteroatoms. The molecule has 0 aliphatic rings. The van der Waals surface area contributed by atoms with E-state index in [2.05, 4.69) is 15.9 Å².